The molecule has 2 atom stereocenters. The largest absolute Gasteiger partial charge is 2.00 e. The third-order valence-electron chi connectivity index (χ3n) is 4.91. The maximum atomic E-state index is 3.69. The number of benzene rings is 2. The Balaban J connectivity index is 0. The fourth-order valence-electron chi connectivity index (χ4n) is 3.68. The van der Waals surface area contributed by atoms with E-state index in [0.29, 0.717) is 12.1 Å². The van der Waals surface area contributed by atoms with Crippen molar-refractivity contribution in [1.29, 1.82) is 0 Å². The minimum Gasteiger partial charge on any atom is -1.00 e. The monoisotopic (exact) mass is 570 g/mol. The molecule has 2 N–H and O–H groups in total. The van der Waals surface area contributed by atoms with Gasteiger partial charge in [-0.15, -0.1) is 0 Å². The molecule has 0 saturated carbocycles. The maximum absolute atomic E-state index is 3.69. The van der Waals surface area contributed by atoms with Crippen LogP contribution >= 0.6 is 0 Å². The van der Waals surface area contributed by atoms with Gasteiger partial charge in [-0.2, -0.15) is 0 Å². The summed E-state index contributed by atoms with van der Waals surface area (Å²) in [7, 11) is 2.20. The van der Waals surface area contributed by atoms with Crippen molar-refractivity contribution in [2.45, 2.75) is 53.6 Å². The molecule has 0 aromatic heterocycles. The van der Waals surface area contributed by atoms with Crippen LogP contribution in [0.5, 0.6) is 0 Å². The number of hydrogen-bond donors (Lipinski definition) is 2. The first-order valence-corrected chi connectivity index (χ1v) is 9.62. The normalized spacial score (nSPS) is 12.1. The molecule has 2 aromatic rings. The van der Waals surface area contributed by atoms with Gasteiger partial charge in [-0.3, -0.25) is 0 Å². The molecular formula is C23H35Br2CoN3. The molecule has 0 fully saturated rings. The van der Waals surface area contributed by atoms with Crippen LogP contribution < -0.4 is 44.6 Å². The zero-order valence-corrected chi connectivity index (χ0v) is 22.8. The molecule has 6 heteroatoms. The summed E-state index contributed by atoms with van der Waals surface area (Å²) in [6.07, 6.45) is 0. The Morgan fingerprint density at radius 3 is 1.24 bits per heavy atom. The van der Waals surface area contributed by atoms with E-state index in [9.17, 15) is 0 Å². The average Bonchev–Trinajstić information content (AvgIpc) is 2.54. The molecule has 165 valence electrons. The molecule has 2 rings (SSSR count). The summed E-state index contributed by atoms with van der Waals surface area (Å²) in [6.45, 7) is 15.2. The van der Waals surface area contributed by atoms with Gasteiger partial charge in [0.25, 0.3) is 0 Å². The number of para-hydroxylation sites is 2. The quantitative estimate of drug-likeness (QED) is 0.433. The first-order chi connectivity index (χ1) is 12.3. The summed E-state index contributed by atoms with van der Waals surface area (Å²) in [5, 5.41) is 7.38. The van der Waals surface area contributed by atoms with Gasteiger partial charge >= 0.3 is 16.8 Å². The van der Waals surface area contributed by atoms with Crippen LogP contribution in [0.3, 0.4) is 0 Å². The van der Waals surface area contributed by atoms with Crippen LogP contribution in [-0.4, -0.2) is 37.1 Å². The number of nitrogens with zero attached hydrogens (tertiary/aromatic N) is 1. The van der Waals surface area contributed by atoms with Crippen molar-refractivity contribution < 1.29 is 50.7 Å². The summed E-state index contributed by atoms with van der Waals surface area (Å²) >= 11 is 0. The summed E-state index contributed by atoms with van der Waals surface area (Å²) in [5.74, 6) is 0. The molecule has 0 bridgehead atoms. The molecule has 0 amide bonds. The molecule has 29 heavy (non-hydrogen) atoms. The fourth-order valence-corrected chi connectivity index (χ4v) is 3.68. The molecule has 0 spiro atoms. The zero-order valence-electron chi connectivity index (χ0n) is 18.6. The van der Waals surface area contributed by atoms with Crippen molar-refractivity contribution in [1.82, 2.24) is 4.90 Å². The number of rotatable bonds is 8. The average molecular weight is 572 g/mol. The van der Waals surface area contributed by atoms with E-state index >= 15 is 0 Å². The van der Waals surface area contributed by atoms with Crippen LogP contribution in [0.1, 0.15) is 36.1 Å². The van der Waals surface area contributed by atoms with Crippen LogP contribution in [0.25, 0.3) is 0 Å². The van der Waals surface area contributed by atoms with Gasteiger partial charge in [-0.1, -0.05) is 36.4 Å². The number of hydrogen-bond acceptors (Lipinski definition) is 3. The predicted molar refractivity (Wildman–Crippen MR) is 115 cm³/mol. The third-order valence-corrected chi connectivity index (χ3v) is 4.91. The summed E-state index contributed by atoms with van der Waals surface area (Å²) in [6, 6.07) is 13.7. The second kappa shape index (κ2) is 14.5. The topological polar surface area (TPSA) is 27.3 Å². The molecule has 0 heterocycles. The van der Waals surface area contributed by atoms with Gasteiger partial charge in [-0.25, -0.2) is 0 Å². The number of likely N-dealkylation sites (N-methyl/N-ethyl adjacent to an activating group) is 1. The number of halogens is 2. The van der Waals surface area contributed by atoms with Gasteiger partial charge in [0.15, 0.2) is 0 Å². The predicted octanol–water partition coefficient (Wildman–Crippen LogP) is -0.841. The van der Waals surface area contributed by atoms with E-state index in [1.54, 1.807) is 0 Å². The first-order valence-electron chi connectivity index (χ1n) is 9.62. The van der Waals surface area contributed by atoms with Crippen LogP contribution in [0.2, 0.25) is 0 Å². The molecule has 2 unspecified atom stereocenters. The Hall–Kier alpha value is -0.534. The molecule has 3 nitrogen and oxygen atoms in total. The molecule has 1 radical (unpaired) electrons. The Labute approximate surface area is 209 Å². The Morgan fingerprint density at radius 1 is 0.690 bits per heavy atom. The summed E-state index contributed by atoms with van der Waals surface area (Å²) < 4.78 is 0. The number of nitrogens with one attached hydrogen (secondary N) is 2. The molecule has 0 saturated heterocycles. The van der Waals surface area contributed by atoms with Crippen LogP contribution in [0.15, 0.2) is 36.4 Å². The van der Waals surface area contributed by atoms with E-state index in [1.807, 2.05) is 0 Å². The van der Waals surface area contributed by atoms with E-state index in [2.05, 4.69) is 101 Å². The van der Waals surface area contributed by atoms with Crippen molar-refractivity contribution in [3.05, 3.63) is 58.7 Å². The maximum Gasteiger partial charge on any atom is 2.00 e. The Morgan fingerprint density at radius 2 is 0.966 bits per heavy atom. The van der Waals surface area contributed by atoms with Gasteiger partial charge in [0.05, 0.1) is 0 Å². The van der Waals surface area contributed by atoms with Gasteiger partial charge in [0.1, 0.15) is 0 Å². The van der Waals surface area contributed by atoms with Gasteiger partial charge in [0, 0.05) is 36.5 Å². The number of anilines is 2. The fraction of sp³-hybridized carbons (Fsp3) is 0.478. The minimum absolute atomic E-state index is 0. The van der Waals surface area contributed by atoms with Crippen LogP contribution in [-0.2, 0) is 16.8 Å². The minimum atomic E-state index is 0. The standard InChI is InChI=1S/C23H35N3.2BrH.Co/c1-16-10-8-11-17(2)22(16)24-20(5)14-26(7)15-21(6)25-23-18(3)12-9-13-19(23)4;;;/h8-13,20-21,24-25H,14-15H2,1-7H3;2*1H;/q;;;+2/p-2. The van der Waals surface area contributed by atoms with E-state index < -0.39 is 0 Å². The van der Waals surface area contributed by atoms with Crippen LogP contribution in [0.4, 0.5) is 11.4 Å². The molecule has 0 aliphatic heterocycles. The van der Waals surface area contributed by atoms with E-state index in [0.717, 1.165) is 13.1 Å². The van der Waals surface area contributed by atoms with E-state index in [1.165, 1.54) is 33.6 Å². The van der Waals surface area contributed by atoms with E-state index in [4.69, 9.17) is 0 Å². The van der Waals surface area contributed by atoms with Gasteiger partial charge in [-0.05, 0) is 70.8 Å². The van der Waals surface area contributed by atoms with Crippen molar-refractivity contribution in [3.8, 4) is 0 Å². The van der Waals surface area contributed by atoms with Crippen molar-refractivity contribution in [3.63, 3.8) is 0 Å². The first kappa shape index (κ1) is 30.7. The summed E-state index contributed by atoms with van der Waals surface area (Å²) in [4.78, 5) is 2.40. The smallest absolute Gasteiger partial charge is 1.00 e. The second-order valence-corrected chi connectivity index (χ2v) is 7.85. The molecule has 2 aromatic carbocycles. The summed E-state index contributed by atoms with van der Waals surface area (Å²) in [5.41, 5.74) is 7.79. The molecule has 0 aliphatic rings. The second-order valence-electron chi connectivity index (χ2n) is 7.85. The SMILES string of the molecule is Cc1cccc(C)c1NC(C)CN(C)CC(C)Nc1c(C)cccc1C.[Br-].[Br-].[Co+2]. The Bertz CT molecular complexity index is 638. The van der Waals surface area contributed by atoms with Crippen molar-refractivity contribution in [2.75, 3.05) is 30.8 Å². The van der Waals surface area contributed by atoms with Gasteiger partial charge < -0.3 is 49.5 Å². The van der Waals surface area contributed by atoms with E-state index in [-0.39, 0.29) is 50.7 Å². The molecular weight excluding hydrogens is 537 g/mol. The van der Waals surface area contributed by atoms with Gasteiger partial charge in [0.2, 0.25) is 0 Å². The number of aryl methyl sites for hydroxylation is 4. The molecule has 0 aliphatic carbocycles. The zero-order chi connectivity index (χ0) is 19.3. The Kier molecular flexibility index (Phi) is 15.3. The van der Waals surface area contributed by atoms with Crippen molar-refractivity contribution in [2.24, 2.45) is 0 Å². The third kappa shape index (κ3) is 9.43. The van der Waals surface area contributed by atoms with Crippen molar-refractivity contribution >= 4 is 11.4 Å². The van der Waals surface area contributed by atoms with Crippen LogP contribution in [0, 0.1) is 27.7 Å².